The number of piperidine rings is 1. The lowest BCUT2D eigenvalue weighted by Crippen LogP contribution is -2.41. The summed E-state index contributed by atoms with van der Waals surface area (Å²) in [4.78, 5) is 31.0. The Morgan fingerprint density at radius 1 is 1.11 bits per heavy atom. The number of carbonyl (C=O) groups is 1. The number of fused-ring (bicyclic) bond motifs is 1. The maximum absolute atomic E-state index is 12.6. The molecule has 6 heteroatoms. The molecule has 0 atom stereocenters. The molecule has 0 spiro atoms. The van der Waals surface area contributed by atoms with Crippen molar-refractivity contribution in [2.24, 2.45) is 0 Å². The topological polar surface area (TPSA) is 58.1 Å². The number of aryl methyl sites for hydroxylation is 1. The van der Waals surface area contributed by atoms with E-state index in [9.17, 15) is 9.59 Å². The van der Waals surface area contributed by atoms with Crippen LogP contribution in [0.5, 0.6) is 0 Å². The van der Waals surface area contributed by atoms with Crippen molar-refractivity contribution in [2.45, 2.75) is 30.7 Å². The van der Waals surface area contributed by atoms with Crippen LogP contribution in [0.25, 0.3) is 11.0 Å². The molecule has 2 heterocycles. The van der Waals surface area contributed by atoms with E-state index in [0.29, 0.717) is 18.8 Å². The summed E-state index contributed by atoms with van der Waals surface area (Å²) in [6.45, 7) is 3.46. The van der Waals surface area contributed by atoms with E-state index in [4.69, 9.17) is 0 Å². The first-order valence-corrected chi connectivity index (χ1v) is 10.3. The van der Waals surface area contributed by atoms with E-state index in [1.165, 1.54) is 5.56 Å². The second-order valence-corrected chi connectivity index (χ2v) is 8.00. The second-order valence-electron chi connectivity index (χ2n) is 6.98. The van der Waals surface area contributed by atoms with Gasteiger partial charge in [-0.05, 0) is 43.5 Å². The number of H-pyrrole nitrogens is 1. The first-order chi connectivity index (χ1) is 13.1. The van der Waals surface area contributed by atoms with Crippen molar-refractivity contribution < 1.29 is 4.79 Å². The number of imidazole rings is 1. The highest BCUT2D eigenvalue weighted by Crippen LogP contribution is 2.26. The van der Waals surface area contributed by atoms with Gasteiger partial charge in [0.15, 0.2) is 0 Å². The lowest BCUT2D eigenvalue weighted by molar-refractivity contribution is -0.129. The summed E-state index contributed by atoms with van der Waals surface area (Å²) in [5, 5.41) is 0. The molecule has 27 heavy (non-hydrogen) atoms. The van der Waals surface area contributed by atoms with Gasteiger partial charge in [0.05, 0.1) is 16.8 Å². The number of nitrogens with one attached hydrogen (secondary N) is 1. The van der Waals surface area contributed by atoms with Crippen LogP contribution < -0.4 is 5.69 Å². The summed E-state index contributed by atoms with van der Waals surface area (Å²) in [7, 11) is 0. The summed E-state index contributed by atoms with van der Waals surface area (Å²) >= 11 is 1.60. The quantitative estimate of drug-likeness (QED) is 0.703. The number of thioether (sulfide) groups is 1. The van der Waals surface area contributed by atoms with Crippen LogP contribution in [-0.2, 0) is 4.79 Å². The normalized spacial score (nSPS) is 15.4. The van der Waals surface area contributed by atoms with Crippen LogP contribution in [0.15, 0.2) is 58.2 Å². The van der Waals surface area contributed by atoms with E-state index in [2.05, 4.69) is 24.0 Å². The first kappa shape index (κ1) is 17.9. The van der Waals surface area contributed by atoms with Crippen LogP contribution in [-0.4, -0.2) is 39.2 Å². The van der Waals surface area contributed by atoms with E-state index in [-0.39, 0.29) is 17.6 Å². The predicted molar refractivity (Wildman–Crippen MR) is 109 cm³/mol. The van der Waals surface area contributed by atoms with Crippen molar-refractivity contribution in [3.05, 3.63) is 64.6 Å². The van der Waals surface area contributed by atoms with Crippen molar-refractivity contribution in [1.82, 2.24) is 14.5 Å². The molecule has 140 valence electrons. The third-order valence-corrected chi connectivity index (χ3v) is 6.41. The van der Waals surface area contributed by atoms with Gasteiger partial charge in [0.2, 0.25) is 5.91 Å². The van der Waals surface area contributed by atoms with Gasteiger partial charge in [0.1, 0.15) is 0 Å². The standard InChI is InChI=1S/C21H23N3O2S/c1-15-6-2-5-9-19(15)27-14-20(25)23-12-10-16(11-13-23)24-18-8-4-3-7-17(18)22-21(24)26/h2-9,16H,10-14H2,1H3,(H,22,26). The fourth-order valence-corrected chi connectivity index (χ4v) is 4.69. The number of rotatable bonds is 4. The van der Waals surface area contributed by atoms with Gasteiger partial charge in [-0.15, -0.1) is 11.8 Å². The van der Waals surface area contributed by atoms with Gasteiger partial charge in [-0.25, -0.2) is 4.79 Å². The summed E-state index contributed by atoms with van der Waals surface area (Å²) in [5.74, 6) is 0.635. The lowest BCUT2D eigenvalue weighted by Gasteiger charge is -2.32. The molecule has 0 bridgehead atoms. The number of likely N-dealkylation sites (tertiary alicyclic amines) is 1. The molecule has 4 rings (SSSR count). The van der Waals surface area contributed by atoms with E-state index >= 15 is 0 Å². The van der Waals surface area contributed by atoms with E-state index in [0.717, 1.165) is 28.8 Å². The van der Waals surface area contributed by atoms with Gasteiger partial charge in [0.25, 0.3) is 0 Å². The Morgan fingerprint density at radius 2 is 1.81 bits per heavy atom. The molecule has 1 aliphatic heterocycles. The summed E-state index contributed by atoms with van der Waals surface area (Å²) in [5.41, 5.74) is 2.96. The smallest absolute Gasteiger partial charge is 0.326 e. The Kier molecular flexibility index (Phi) is 5.07. The van der Waals surface area contributed by atoms with Gasteiger partial charge in [-0.2, -0.15) is 0 Å². The molecule has 1 fully saturated rings. The van der Waals surface area contributed by atoms with Gasteiger partial charge < -0.3 is 9.88 Å². The summed E-state index contributed by atoms with van der Waals surface area (Å²) < 4.78 is 1.86. The molecule has 1 saturated heterocycles. The number of amides is 1. The van der Waals surface area contributed by atoms with Crippen molar-refractivity contribution in [1.29, 1.82) is 0 Å². The van der Waals surface area contributed by atoms with Crippen LogP contribution in [0, 0.1) is 6.92 Å². The van der Waals surface area contributed by atoms with Gasteiger partial charge in [-0.3, -0.25) is 9.36 Å². The van der Waals surface area contributed by atoms with Crippen LogP contribution in [0.2, 0.25) is 0 Å². The van der Waals surface area contributed by atoms with Gasteiger partial charge in [0, 0.05) is 24.0 Å². The van der Waals surface area contributed by atoms with E-state index in [1.54, 1.807) is 11.8 Å². The SMILES string of the molecule is Cc1ccccc1SCC(=O)N1CCC(n2c(=O)[nH]c3ccccc32)CC1. The molecule has 1 amide bonds. The highest BCUT2D eigenvalue weighted by Gasteiger charge is 2.26. The number of aromatic nitrogens is 2. The van der Waals surface area contributed by atoms with E-state index < -0.39 is 0 Å². The van der Waals surface area contributed by atoms with Crippen LogP contribution in [0.4, 0.5) is 0 Å². The van der Waals surface area contributed by atoms with Gasteiger partial charge >= 0.3 is 5.69 Å². The fourth-order valence-electron chi connectivity index (χ4n) is 3.76. The fraction of sp³-hybridized carbons (Fsp3) is 0.333. The molecule has 1 aromatic heterocycles. The Bertz CT molecular complexity index is 1020. The number of para-hydroxylation sites is 2. The molecular weight excluding hydrogens is 358 g/mol. The summed E-state index contributed by atoms with van der Waals surface area (Å²) in [6, 6.07) is 16.1. The Labute approximate surface area is 162 Å². The third kappa shape index (κ3) is 3.67. The average molecular weight is 382 g/mol. The largest absolute Gasteiger partial charge is 0.342 e. The van der Waals surface area contributed by atoms with Crippen molar-refractivity contribution in [3.8, 4) is 0 Å². The summed E-state index contributed by atoms with van der Waals surface area (Å²) in [6.07, 6.45) is 1.62. The van der Waals surface area contributed by atoms with Crippen molar-refractivity contribution in [2.75, 3.05) is 18.8 Å². The zero-order valence-electron chi connectivity index (χ0n) is 15.4. The molecule has 5 nitrogen and oxygen atoms in total. The molecule has 0 saturated carbocycles. The number of hydrogen-bond acceptors (Lipinski definition) is 3. The zero-order valence-corrected chi connectivity index (χ0v) is 16.2. The minimum atomic E-state index is -0.0592. The number of benzene rings is 2. The minimum Gasteiger partial charge on any atom is -0.342 e. The van der Waals surface area contributed by atoms with Crippen LogP contribution >= 0.6 is 11.8 Å². The third-order valence-electron chi connectivity index (χ3n) is 5.25. The molecule has 0 radical (unpaired) electrons. The zero-order chi connectivity index (χ0) is 18.8. The maximum atomic E-state index is 12.6. The van der Waals surface area contributed by atoms with Crippen molar-refractivity contribution in [3.63, 3.8) is 0 Å². The van der Waals surface area contributed by atoms with Crippen LogP contribution in [0.3, 0.4) is 0 Å². The second kappa shape index (κ2) is 7.64. The van der Waals surface area contributed by atoms with Crippen LogP contribution in [0.1, 0.15) is 24.4 Å². The molecule has 2 aromatic carbocycles. The first-order valence-electron chi connectivity index (χ1n) is 9.29. The minimum absolute atomic E-state index is 0.0592. The molecule has 1 aliphatic rings. The van der Waals surface area contributed by atoms with E-state index in [1.807, 2.05) is 45.9 Å². The maximum Gasteiger partial charge on any atom is 0.326 e. The average Bonchev–Trinajstić information content (AvgIpc) is 3.03. The molecule has 0 unspecified atom stereocenters. The lowest BCUT2D eigenvalue weighted by atomic mass is 10.0. The highest BCUT2D eigenvalue weighted by atomic mass is 32.2. The molecule has 3 aromatic rings. The Balaban J connectivity index is 1.38. The van der Waals surface area contributed by atoms with Gasteiger partial charge in [-0.1, -0.05) is 30.3 Å². The molecular formula is C21H23N3O2S. The molecule has 1 N–H and O–H groups in total. The number of hydrogen-bond donors (Lipinski definition) is 1. The highest BCUT2D eigenvalue weighted by molar-refractivity contribution is 8.00. The van der Waals surface area contributed by atoms with Crippen molar-refractivity contribution >= 4 is 28.7 Å². The molecule has 0 aliphatic carbocycles. The Morgan fingerprint density at radius 3 is 2.59 bits per heavy atom. The predicted octanol–water partition coefficient (Wildman–Crippen LogP) is 3.59. The number of carbonyl (C=O) groups excluding carboxylic acids is 1. The number of aromatic amines is 1. The Hall–Kier alpha value is -2.47. The monoisotopic (exact) mass is 381 g/mol. The number of nitrogens with zero attached hydrogens (tertiary/aromatic N) is 2.